The van der Waals surface area contributed by atoms with Crippen molar-refractivity contribution >= 4 is 69.1 Å². The second kappa shape index (κ2) is 18.4. The van der Waals surface area contributed by atoms with E-state index in [1.54, 1.807) is 18.3 Å². The van der Waals surface area contributed by atoms with Crippen LogP contribution >= 0.6 is 35.2 Å². The number of nitrogens with two attached hydrogens (primary N) is 1. The fourth-order valence-electron chi connectivity index (χ4n) is 4.81. The minimum absolute atomic E-state index is 0.0289. The first-order valence-corrected chi connectivity index (χ1v) is 21.3. The van der Waals surface area contributed by atoms with E-state index >= 15 is 0 Å². The normalized spacial score (nSPS) is 21.8. The number of hydrogen-bond acceptors (Lipinski definition) is 18. The smallest absolute Gasteiger partial charge is 0.386 e. The molecule has 11 N–H and O–H groups in total. The number of nitrogens with one attached hydrogen (secondary N) is 3. The van der Waals surface area contributed by atoms with Crippen LogP contribution in [-0.4, -0.2) is 128 Å². The predicted molar refractivity (Wildman–Crippen MR) is 187 cm³/mol. The zero-order valence-corrected chi connectivity index (χ0v) is 32.3. The summed E-state index contributed by atoms with van der Waals surface area (Å²) in [7, 11) is -16.4. The monoisotopic (exact) mass is 860 g/mol. The number of aliphatic hydroxyl groups is 2. The predicted octanol–water partition coefficient (Wildman–Crippen LogP) is -0.693. The molecule has 3 aromatic heterocycles. The number of aliphatic hydroxyl groups excluding tert-OH is 2. The Morgan fingerprint density at radius 3 is 2.47 bits per heavy atom. The Hall–Kier alpha value is -3.16. The van der Waals surface area contributed by atoms with Crippen LogP contribution in [0.5, 0.6) is 0 Å². The Balaban J connectivity index is 1.24. The second-order valence-electron chi connectivity index (χ2n) is 12.3. The van der Waals surface area contributed by atoms with Crippen molar-refractivity contribution in [3.63, 3.8) is 0 Å². The summed E-state index contributed by atoms with van der Waals surface area (Å²) in [5.74, 6) is -1.18. The molecule has 7 unspecified atom stereocenters. The molecule has 0 aromatic carbocycles. The van der Waals surface area contributed by atoms with Gasteiger partial charge in [0.15, 0.2) is 17.7 Å². The first-order chi connectivity index (χ1) is 25.6. The Morgan fingerprint density at radius 2 is 1.80 bits per heavy atom. The number of phosphoric acid groups is 3. The number of fused-ring (bicyclic) bond motifs is 1. The van der Waals surface area contributed by atoms with E-state index in [2.05, 4.69) is 39.4 Å². The molecule has 0 saturated carbocycles. The van der Waals surface area contributed by atoms with E-state index < -0.39 is 84.6 Å². The molecule has 0 spiro atoms. The maximum Gasteiger partial charge on any atom is 0.481 e. The molecule has 3 aromatic rings. The van der Waals surface area contributed by atoms with E-state index in [9.17, 15) is 57.9 Å². The fraction of sp³-hybridized carbons (Fsp3) is 0.538. The van der Waals surface area contributed by atoms with Gasteiger partial charge in [0.05, 0.1) is 25.2 Å². The van der Waals surface area contributed by atoms with Crippen molar-refractivity contribution in [3.05, 3.63) is 36.7 Å². The number of aromatic nitrogens is 5. The fourth-order valence-corrected chi connectivity index (χ4v) is 8.31. The van der Waals surface area contributed by atoms with Gasteiger partial charge in [0.1, 0.15) is 36.3 Å². The lowest BCUT2D eigenvalue weighted by molar-refractivity contribution is -0.137. The molecular formula is C26H39N8O17P3S. The summed E-state index contributed by atoms with van der Waals surface area (Å²) in [5.41, 5.74) is 4.67. The number of thioether (sulfide) groups is 1. The summed E-state index contributed by atoms with van der Waals surface area (Å²) < 4.78 is 62.0. The van der Waals surface area contributed by atoms with Crippen LogP contribution in [0.1, 0.15) is 37.0 Å². The van der Waals surface area contributed by atoms with Gasteiger partial charge in [-0.15, -0.1) is 0 Å². The summed E-state index contributed by atoms with van der Waals surface area (Å²) in [6.45, 7) is 0.436. The molecule has 0 bridgehead atoms. The van der Waals surface area contributed by atoms with Crippen LogP contribution in [0.4, 0.5) is 5.82 Å². The van der Waals surface area contributed by atoms with Crippen molar-refractivity contribution in [2.75, 3.05) is 37.8 Å². The second-order valence-corrected chi connectivity index (χ2v) is 17.6. The first-order valence-electron chi connectivity index (χ1n) is 15.8. The Kier molecular flexibility index (Phi) is 14.9. The quantitative estimate of drug-likeness (QED) is 0.0496. The SMILES string of the molecule is CC(C)(COP(=O)(O)OP(=O)(O)OCC1OC(n2cnc3c(N)ncnc32)C(O)C1OP(=O)(O)O)C(O)C(=O)NCCC(=O)NCCSC(=O)c1ccc[nH]1. The van der Waals surface area contributed by atoms with Gasteiger partial charge in [-0.2, -0.15) is 4.31 Å². The van der Waals surface area contributed by atoms with Crippen LogP contribution in [0.2, 0.25) is 0 Å². The summed E-state index contributed by atoms with van der Waals surface area (Å²) in [4.78, 5) is 90.2. The number of hydrogen-bond donors (Lipinski definition) is 10. The zero-order chi connectivity index (χ0) is 40.8. The Bertz CT molecular complexity index is 1960. The minimum Gasteiger partial charge on any atom is -0.386 e. The first kappa shape index (κ1) is 44.6. The summed E-state index contributed by atoms with van der Waals surface area (Å²) in [6, 6.07) is 3.29. The Labute approximate surface area is 315 Å². The van der Waals surface area contributed by atoms with Crippen molar-refractivity contribution in [1.82, 2.24) is 35.1 Å². The molecule has 7 atom stereocenters. The molecule has 1 saturated heterocycles. The third kappa shape index (κ3) is 12.7. The molecule has 1 aliphatic heterocycles. The summed E-state index contributed by atoms with van der Waals surface area (Å²) >= 11 is 0.997. The number of H-pyrrole nitrogens is 1. The number of phosphoric ester groups is 3. The average Bonchev–Trinajstić information content (AvgIpc) is 3.84. The van der Waals surface area contributed by atoms with E-state index in [-0.39, 0.29) is 41.6 Å². The number of rotatable bonds is 20. The lowest BCUT2D eigenvalue weighted by Gasteiger charge is -2.30. The van der Waals surface area contributed by atoms with Gasteiger partial charge in [0, 0.05) is 36.9 Å². The number of nitrogen functional groups attached to an aromatic ring is 1. The van der Waals surface area contributed by atoms with Crippen LogP contribution in [0.15, 0.2) is 31.0 Å². The van der Waals surface area contributed by atoms with E-state index in [1.807, 2.05) is 0 Å². The third-order valence-electron chi connectivity index (χ3n) is 7.55. The molecule has 306 valence electrons. The number of nitrogens with zero attached hydrogens (tertiary/aromatic N) is 4. The zero-order valence-electron chi connectivity index (χ0n) is 28.8. The maximum absolute atomic E-state index is 12.7. The number of amides is 2. The molecule has 29 heteroatoms. The minimum atomic E-state index is -5.57. The van der Waals surface area contributed by atoms with Gasteiger partial charge in [-0.3, -0.25) is 32.5 Å². The van der Waals surface area contributed by atoms with Crippen LogP contribution < -0.4 is 16.4 Å². The maximum atomic E-state index is 12.7. The van der Waals surface area contributed by atoms with E-state index in [4.69, 9.17) is 19.5 Å². The highest BCUT2D eigenvalue weighted by Gasteiger charge is 2.50. The molecule has 2 amide bonds. The highest BCUT2D eigenvalue weighted by Crippen LogP contribution is 2.61. The summed E-state index contributed by atoms with van der Waals surface area (Å²) in [5, 5.41) is 26.1. The number of carbonyl (C=O) groups excluding carboxylic acids is 3. The van der Waals surface area contributed by atoms with Crippen LogP contribution in [0, 0.1) is 5.41 Å². The molecule has 1 aliphatic rings. The molecule has 4 heterocycles. The molecule has 25 nitrogen and oxygen atoms in total. The number of aromatic amines is 1. The summed E-state index contributed by atoms with van der Waals surface area (Å²) in [6.07, 6.45) is -5.33. The van der Waals surface area contributed by atoms with Gasteiger partial charge in [-0.1, -0.05) is 25.6 Å². The molecule has 1 fully saturated rings. The molecular weight excluding hydrogens is 821 g/mol. The molecule has 0 aliphatic carbocycles. The largest absolute Gasteiger partial charge is 0.481 e. The van der Waals surface area contributed by atoms with Crippen molar-refractivity contribution in [2.24, 2.45) is 5.41 Å². The molecule has 4 rings (SSSR count). The van der Waals surface area contributed by atoms with Crippen molar-refractivity contribution in [1.29, 1.82) is 0 Å². The van der Waals surface area contributed by atoms with Crippen molar-refractivity contribution in [2.45, 2.75) is 50.9 Å². The van der Waals surface area contributed by atoms with E-state index in [0.29, 0.717) is 11.4 Å². The van der Waals surface area contributed by atoms with E-state index in [1.165, 1.54) is 13.8 Å². The van der Waals surface area contributed by atoms with Crippen LogP contribution in [-0.2, 0) is 45.9 Å². The van der Waals surface area contributed by atoms with Gasteiger partial charge in [0.25, 0.3) is 0 Å². The van der Waals surface area contributed by atoms with Gasteiger partial charge >= 0.3 is 23.5 Å². The highest BCUT2D eigenvalue weighted by molar-refractivity contribution is 8.14. The number of imidazole rings is 1. The van der Waals surface area contributed by atoms with Crippen molar-refractivity contribution in [3.8, 4) is 0 Å². The number of anilines is 1. The van der Waals surface area contributed by atoms with Crippen molar-refractivity contribution < 1.29 is 80.5 Å². The van der Waals surface area contributed by atoms with Crippen LogP contribution in [0.25, 0.3) is 11.2 Å². The van der Waals surface area contributed by atoms with Gasteiger partial charge in [-0.05, 0) is 12.1 Å². The lowest BCUT2D eigenvalue weighted by atomic mass is 9.87. The average molecular weight is 861 g/mol. The topological polar surface area (TPSA) is 379 Å². The molecule has 0 radical (unpaired) electrons. The lowest BCUT2D eigenvalue weighted by Crippen LogP contribution is -2.46. The van der Waals surface area contributed by atoms with Gasteiger partial charge in [-0.25, -0.2) is 28.6 Å². The Morgan fingerprint density at radius 1 is 1.09 bits per heavy atom. The standard InChI is InChI=1S/C26H39N8O17P3S/c1-26(2,20(37)23(38)30-7-5-16(35)29-8-9-55-25(39)14-4-3-6-28-14)11-48-54(45,46)51-53(43,44)47-10-15-19(50-52(40,41)42)18(36)24(49-15)34-13-33-17-21(27)31-12-32-22(17)34/h3-4,6,12-13,15,18-20,24,28,36-37H,5,7-11H2,1-2H3,(H,29,35)(H,30,38)(H,43,44)(H,45,46)(H2,27,31,32)(H2,40,41,42). The van der Waals surface area contributed by atoms with Gasteiger partial charge < -0.3 is 55.9 Å². The van der Waals surface area contributed by atoms with Gasteiger partial charge in [0.2, 0.25) is 16.9 Å². The number of ether oxygens (including phenoxy) is 1. The number of carbonyl (C=O) groups is 3. The molecule has 55 heavy (non-hydrogen) atoms. The highest BCUT2D eigenvalue weighted by atomic mass is 32.2. The van der Waals surface area contributed by atoms with E-state index in [0.717, 1.165) is 29.0 Å². The van der Waals surface area contributed by atoms with Crippen LogP contribution in [0.3, 0.4) is 0 Å². The third-order valence-corrected chi connectivity index (χ3v) is 11.5.